The highest BCUT2D eigenvalue weighted by molar-refractivity contribution is 8.00. The third kappa shape index (κ3) is 4.33. The van der Waals surface area contributed by atoms with E-state index >= 15 is 0 Å². The second-order valence-electron chi connectivity index (χ2n) is 5.73. The molecule has 3 atom stereocenters. The number of benzene rings is 1. The summed E-state index contributed by atoms with van der Waals surface area (Å²) < 4.78 is 0. The van der Waals surface area contributed by atoms with E-state index in [0.717, 1.165) is 0 Å². The van der Waals surface area contributed by atoms with E-state index in [9.17, 15) is 0 Å². The molecule has 0 aliphatic carbocycles. The molecule has 3 unspecified atom stereocenters. The Bertz CT molecular complexity index is 334. The van der Waals surface area contributed by atoms with E-state index in [1.165, 1.54) is 5.56 Å². The van der Waals surface area contributed by atoms with Crippen molar-refractivity contribution in [2.75, 3.05) is 0 Å². The van der Waals surface area contributed by atoms with Crippen LogP contribution in [0, 0.1) is 11.8 Å². The van der Waals surface area contributed by atoms with Gasteiger partial charge in [0.1, 0.15) is 0 Å². The molecule has 1 rings (SSSR count). The van der Waals surface area contributed by atoms with Gasteiger partial charge in [-0.3, -0.25) is 0 Å². The van der Waals surface area contributed by atoms with Gasteiger partial charge in [0.2, 0.25) is 0 Å². The minimum atomic E-state index is 0.123. The van der Waals surface area contributed by atoms with Crippen molar-refractivity contribution in [1.29, 1.82) is 0 Å². The lowest BCUT2D eigenvalue weighted by Crippen LogP contribution is -2.30. The Morgan fingerprint density at radius 1 is 0.889 bits per heavy atom. The fourth-order valence-corrected chi connectivity index (χ4v) is 3.38. The second-order valence-corrected chi connectivity index (χ2v) is 7.29. The van der Waals surface area contributed by atoms with E-state index < -0.39 is 0 Å². The molecule has 0 fully saturated rings. The van der Waals surface area contributed by atoms with E-state index in [1.807, 2.05) is 17.8 Å². The number of nitrogens with two attached hydrogens (primary N) is 1. The van der Waals surface area contributed by atoms with E-state index in [-0.39, 0.29) is 6.04 Å². The highest BCUT2D eigenvalue weighted by Gasteiger charge is 2.26. The summed E-state index contributed by atoms with van der Waals surface area (Å²) in [4.78, 5) is 0. The van der Waals surface area contributed by atoms with Crippen molar-refractivity contribution in [1.82, 2.24) is 0 Å². The molecule has 1 nitrogen and oxygen atoms in total. The first-order valence-corrected chi connectivity index (χ1v) is 7.83. The minimum Gasteiger partial charge on any atom is -0.323 e. The number of hydrogen-bond acceptors (Lipinski definition) is 2. The first-order valence-electron chi connectivity index (χ1n) is 6.89. The number of thioether (sulfide) groups is 1. The lowest BCUT2D eigenvalue weighted by molar-refractivity contribution is 0.520. The van der Waals surface area contributed by atoms with E-state index in [1.54, 1.807) is 0 Å². The van der Waals surface area contributed by atoms with Gasteiger partial charge in [0, 0.05) is 16.5 Å². The second kappa shape index (κ2) is 7.20. The summed E-state index contributed by atoms with van der Waals surface area (Å²) in [6.45, 7) is 11.4. The lowest BCUT2D eigenvalue weighted by atomic mass is 9.97. The third-order valence-corrected chi connectivity index (χ3v) is 5.63. The van der Waals surface area contributed by atoms with Gasteiger partial charge in [0.15, 0.2) is 0 Å². The largest absolute Gasteiger partial charge is 0.323 e. The van der Waals surface area contributed by atoms with Crippen LogP contribution in [0.5, 0.6) is 0 Å². The molecule has 2 heteroatoms. The van der Waals surface area contributed by atoms with Crippen LogP contribution in [0.15, 0.2) is 30.3 Å². The van der Waals surface area contributed by atoms with Crippen LogP contribution in [0.25, 0.3) is 0 Å². The molecule has 0 heterocycles. The van der Waals surface area contributed by atoms with Crippen LogP contribution in [0.2, 0.25) is 0 Å². The van der Waals surface area contributed by atoms with Crippen molar-refractivity contribution in [3.8, 4) is 0 Å². The number of rotatable bonds is 6. The Kier molecular flexibility index (Phi) is 6.24. The van der Waals surface area contributed by atoms with Gasteiger partial charge in [-0.15, -0.1) is 0 Å². The molecule has 2 N–H and O–H groups in total. The first-order chi connectivity index (χ1) is 8.43. The quantitative estimate of drug-likeness (QED) is 0.820. The summed E-state index contributed by atoms with van der Waals surface area (Å²) in [6.07, 6.45) is 0. The van der Waals surface area contributed by atoms with E-state index in [4.69, 9.17) is 5.73 Å². The van der Waals surface area contributed by atoms with Crippen LogP contribution < -0.4 is 5.73 Å². The monoisotopic (exact) mass is 265 g/mol. The molecule has 0 bridgehead atoms. The highest BCUT2D eigenvalue weighted by Crippen LogP contribution is 2.35. The van der Waals surface area contributed by atoms with Gasteiger partial charge in [-0.1, -0.05) is 65.0 Å². The van der Waals surface area contributed by atoms with E-state index in [2.05, 4.69) is 58.9 Å². The SMILES string of the molecule is CC(C)C(C)SC(C(C)C)C(N)c1ccccc1. The average Bonchev–Trinajstić information content (AvgIpc) is 2.35. The summed E-state index contributed by atoms with van der Waals surface area (Å²) in [5.74, 6) is 1.28. The minimum absolute atomic E-state index is 0.123. The molecule has 0 aliphatic heterocycles. The van der Waals surface area contributed by atoms with Crippen LogP contribution in [-0.2, 0) is 0 Å². The van der Waals surface area contributed by atoms with Crippen molar-refractivity contribution >= 4 is 11.8 Å². The Hall–Kier alpha value is -0.470. The Labute approximate surface area is 117 Å². The molecule has 0 aliphatic rings. The molecule has 102 valence electrons. The smallest absolute Gasteiger partial charge is 0.0418 e. The van der Waals surface area contributed by atoms with Crippen molar-refractivity contribution in [3.05, 3.63) is 35.9 Å². The molecule has 0 spiro atoms. The first kappa shape index (κ1) is 15.6. The molecule has 0 amide bonds. The third-order valence-electron chi connectivity index (χ3n) is 3.51. The Morgan fingerprint density at radius 3 is 1.89 bits per heavy atom. The summed E-state index contributed by atoms with van der Waals surface area (Å²) in [6, 6.07) is 10.6. The van der Waals surface area contributed by atoms with Crippen LogP contribution >= 0.6 is 11.8 Å². The summed E-state index contributed by atoms with van der Waals surface area (Å²) in [5.41, 5.74) is 7.72. The molecule has 0 aromatic heterocycles. The van der Waals surface area contributed by atoms with Gasteiger partial charge in [0.25, 0.3) is 0 Å². The fraction of sp³-hybridized carbons (Fsp3) is 0.625. The standard InChI is InChI=1S/C16H27NS/c1-11(2)13(5)18-16(12(3)4)15(17)14-9-7-6-8-10-14/h6-13,15-16H,17H2,1-5H3. The summed E-state index contributed by atoms with van der Waals surface area (Å²) in [5, 5.41) is 1.12. The fourth-order valence-electron chi connectivity index (χ4n) is 1.93. The molecule has 0 radical (unpaired) electrons. The zero-order valence-electron chi connectivity index (χ0n) is 12.3. The molecule has 18 heavy (non-hydrogen) atoms. The summed E-state index contributed by atoms with van der Waals surface area (Å²) in [7, 11) is 0. The molecule has 0 saturated carbocycles. The van der Waals surface area contributed by atoms with Crippen LogP contribution in [-0.4, -0.2) is 10.5 Å². The summed E-state index contributed by atoms with van der Waals surface area (Å²) >= 11 is 2.04. The molecule has 0 saturated heterocycles. The van der Waals surface area contributed by atoms with E-state index in [0.29, 0.717) is 22.3 Å². The molecule has 1 aromatic rings. The average molecular weight is 265 g/mol. The van der Waals surface area contributed by atoms with Gasteiger partial charge < -0.3 is 5.73 Å². The van der Waals surface area contributed by atoms with Gasteiger partial charge in [-0.05, 0) is 17.4 Å². The van der Waals surface area contributed by atoms with Crippen molar-refractivity contribution in [3.63, 3.8) is 0 Å². The maximum absolute atomic E-state index is 6.47. The normalized spacial score (nSPS) is 16.9. The predicted molar refractivity (Wildman–Crippen MR) is 83.9 cm³/mol. The lowest BCUT2D eigenvalue weighted by Gasteiger charge is -2.31. The zero-order valence-corrected chi connectivity index (χ0v) is 13.1. The van der Waals surface area contributed by atoms with Crippen LogP contribution in [0.1, 0.15) is 46.2 Å². The van der Waals surface area contributed by atoms with Gasteiger partial charge >= 0.3 is 0 Å². The topological polar surface area (TPSA) is 26.0 Å². The van der Waals surface area contributed by atoms with Gasteiger partial charge in [0.05, 0.1) is 0 Å². The van der Waals surface area contributed by atoms with Crippen molar-refractivity contribution in [2.45, 2.75) is 51.2 Å². The maximum atomic E-state index is 6.47. The zero-order chi connectivity index (χ0) is 13.7. The Balaban J connectivity index is 2.79. The van der Waals surface area contributed by atoms with Crippen molar-refractivity contribution in [2.24, 2.45) is 17.6 Å². The highest BCUT2D eigenvalue weighted by atomic mass is 32.2. The predicted octanol–water partition coefficient (Wildman–Crippen LogP) is 4.49. The molecule has 1 aromatic carbocycles. The molecular formula is C16H27NS. The van der Waals surface area contributed by atoms with Gasteiger partial charge in [-0.25, -0.2) is 0 Å². The number of hydrogen-bond donors (Lipinski definition) is 1. The van der Waals surface area contributed by atoms with Crippen LogP contribution in [0.4, 0.5) is 0 Å². The maximum Gasteiger partial charge on any atom is 0.0418 e. The Morgan fingerprint density at radius 2 is 1.44 bits per heavy atom. The molecular weight excluding hydrogens is 238 g/mol. The van der Waals surface area contributed by atoms with Crippen molar-refractivity contribution < 1.29 is 0 Å². The van der Waals surface area contributed by atoms with Gasteiger partial charge in [-0.2, -0.15) is 11.8 Å². The van der Waals surface area contributed by atoms with Crippen LogP contribution in [0.3, 0.4) is 0 Å².